The molecule has 0 amide bonds. The Morgan fingerprint density at radius 1 is 0.435 bits per heavy atom. The Hall–Kier alpha value is -3.20. The van der Waals surface area contributed by atoms with Crippen LogP contribution in [0.2, 0.25) is 0 Å². The Morgan fingerprint density at radius 2 is 0.726 bits per heavy atom. The van der Waals surface area contributed by atoms with Crippen LogP contribution in [0.5, 0.6) is 0 Å². The number of nitrogens with two attached hydrogens (primary N) is 1. The number of rotatable bonds is 29. The summed E-state index contributed by atoms with van der Waals surface area (Å²) in [5, 5.41) is 27.7. The number of nitrogens with one attached hydrogen (secondary N) is 4. The molecule has 702 valence electrons. The number of aliphatic hydroxyl groups is 3. The number of aldehydes is 1. The number of alkyl halides is 6. The third kappa shape index (κ3) is 40.1. The van der Waals surface area contributed by atoms with Gasteiger partial charge in [0.05, 0.1) is 95.5 Å². The number of ketones is 1. The van der Waals surface area contributed by atoms with Gasteiger partial charge in [-0.15, -0.1) is 0 Å². The number of carbonyl (C=O) groups excluding carboxylic acids is 2. The molecule has 0 saturated carbocycles. The van der Waals surface area contributed by atoms with Crippen molar-refractivity contribution >= 4 is 168 Å². The van der Waals surface area contributed by atoms with E-state index in [0.717, 1.165) is 44.8 Å². The van der Waals surface area contributed by atoms with Crippen LogP contribution >= 0.6 is 95.6 Å². The van der Waals surface area contributed by atoms with Gasteiger partial charge in [0.25, 0.3) is 0 Å². The fourth-order valence-electron chi connectivity index (χ4n) is 10.5. The number of carbonyl (C=O) groups is 2. The maximum Gasteiger partial charge on any atom is 0.414 e. The van der Waals surface area contributed by atoms with Gasteiger partial charge in [-0.05, 0) is 267 Å². The molecule has 6 aromatic carbocycles. The average molecular weight is 2250 g/mol. The van der Waals surface area contributed by atoms with Crippen molar-refractivity contribution in [2.45, 2.75) is 286 Å². The average Bonchev–Trinajstić information content (AvgIpc) is 0.752. The van der Waals surface area contributed by atoms with Gasteiger partial charge < -0.3 is 25.8 Å². The summed E-state index contributed by atoms with van der Waals surface area (Å²) < 4.78 is 237. The highest BCUT2D eigenvalue weighted by Gasteiger charge is 2.47. The van der Waals surface area contributed by atoms with E-state index in [1.165, 1.54) is 62.4 Å². The van der Waals surface area contributed by atoms with Crippen molar-refractivity contribution in [3.63, 3.8) is 0 Å². The lowest BCUT2D eigenvalue weighted by Crippen LogP contribution is -2.50. The van der Waals surface area contributed by atoms with Crippen LogP contribution in [-0.2, 0) is 92.2 Å². The Labute approximate surface area is 786 Å². The Balaban J connectivity index is 0.000000748. The second kappa shape index (κ2) is 50.0. The lowest BCUT2D eigenvalue weighted by molar-refractivity contribution is -0.209. The van der Waals surface area contributed by atoms with E-state index in [-0.39, 0.29) is 54.4 Å². The van der Waals surface area contributed by atoms with E-state index in [9.17, 15) is 93.5 Å². The number of nitrogens with zero attached hydrogens (tertiary/aromatic N) is 1. The van der Waals surface area contributed by atoms with E-state index < -0.39 is 167 Å². The van der Waals surface area contributed by atoms with Crippen LogP contribution in [0.15, 0.2) is 140 Å². The second-order valence-electron chi connectivity index (χ2n) is 35.0. The van der Waals surface area contributed by atoms with E-state index in [2.05, 4.69) is 126 Å². The van der Waals surface area contributed by atoms with Crippen LogP contribution in [0.4, 0.5) is 52.7 Å². The first-order chi connectivity index (χ1) is 56.1. The zero-order valence-electron chi connectivity index (χ0n) is 73.3. The minimum Gasteiger partial charge on any atom is -0.396 e. The topological polar surface area (TPSA) is 267 Å². The van der Waals surface area contributed by atoms with Crippen molar-refractivity contribution in [3.8, 4) is 0 Å². The van der Waals surface area contributed by atoms with Gasteiger partial charge in [-0.2, -0.15) is 30.7 Å². The highest BCUT2D eigenvalue weighted by molar-refractivity contribution is 9.11. The summed E-state index contributed by atoms with van der Waals surface area (Å²) in [4.78, 5) is 23.4. The summed E-state index contributed by atoms with van der Waals surface area (Å²) in [6, 6.07) is 26.0. The van der Waals surface area contributed by atoms with Crippen molar-refractivity contribution in [1.29, 1.82) is 0 Å². The normalized spacial score (nSPS) is 16.6. The number of hydrogen-bond acceptors (Lipinski definition) is 11. The first-order valence-corrected chi connectivity index (χ1v) is 48.9. The molecule has 16 nitrogen and oxygen atoms in total. The number of benzene rings is 6. The number of halogens is 18. The zero-order chi connectivity index (χ0) is 96.6. The minimum atomic E-state index is -4.87. The van der Waals surface area contributed by atoms with Crippen LogP contribution in [-0.4, -0.2) is 109 Å². The van der Waals surface area contributed by atoms with E-state index in [4.69, 9.17) is 10.8 Å². The van der Waals surface area contributed by atoms with Crippen LogP contribution < -0.4 is 24.6 Å². The first-order valence-electron chi connectivity index (χ1n) is 38.5. The molecule has 0 bridgehead atoms. The lowest BCUT2D eigenvalue weighted by atomic mass is 9.86. The summed E-state index contributed by atoms with van der Waals surface area (Å²) in [5.74, 6) is -3.01. The Bertz CT molecular complexity index is 4690. The standard InChI is InChI=1S/C19H29BrFNO2S.C15H20BrF4NO2S.C14H21BrFNO2S.C14H19BrFNO2S.C12H15BrFNOS.C11H12BrF4NO/c1-6-7-8-9-15(23)13-19(5,22-25(24)18(2,3)4)16-12-14(20)10-11-17(16)21;1-13(2,3)24(23)21-14(4,8-12(22)15(18,19)20)10-7-9(16)5-6-11(10)17;2*1-13(2,3)20(19)17-14(4,7-8-18)11-9-10(15)5-6-12(11)16;1-8(15-17(16)12(2,3)4)10-7-9(13)5-6-11(10)14;1-10(17,5-9(18)11(14,15)16)7-4-6(12)2-3-8(7)13/h10-12,22H,6-9,13H2,1-5H3;5-7,12,21-22H,8H2,1-4H3;5-6,9,17-18H,7-8H2,1-4H3;5-6,8-9,17H,7H2,1-4H3;5-7H,1-4H3;2-4,9,18H,5,17H2,1H3/t19-,25+;12-,14-,24+;2*14-,20+;17-;9-,10-/m000010/s1. The zero-order valence-corrected chi connectivity index (χ0v) is 86.9. The van der Waals surface area contributed by atoms with Gasteiger partial charge in [0.2, 0.25) is 0 Å². The molecule has 0 spiro atoms. The second-order valence-corrected chi connectivity index (χ2v) is 50.3. The van der Waals surface area contributed by atoms with Crippen molar-refractivity contribution in [2.75, 3.05) is 6.61 Å². The van der Waals surface area contributed by atoms with E-state index in [0.29, 0.717) is 54.1 Å². The van der Waals surface area contributed by atoms with Gasteiger partial charge in [0, 0.05) is 104 Å². The number of unbranched alkanes of at least 4 members (excludes halogenated alkanes) is 2. The number of aliphatic hydroxyl groups excluding tert-OH is 3. The summed E-state index contributed by atoms with van der Waals surface area (Å²) in [5.41, 5.74) is 1.09. The Morgan fingerprint density at radius 3 is 1.06 bits per heavy atom. The number of Topliss-reactive ketones (excluding diaryl/α,β-unsaturated/α-hetero) is 1. The van der Waals surface area contributed by atoms with Gasteiger partial charge in [-0.1, -0.05) is 115 Å². The fraction of sp³-hybridized carbons (Fsp3) is 0.541. The monoisotopic (exact) mass is 2240 g/mol. The molecule has 124 heavy (non-hydrogen) atoms. The molecule has 12 atom stereocenters. The van der Waals surface area contributed by atoms with Gasteiger partial charge in [-0.25, -0.2) is 66.3 Å². The van der Waals surface area contributed by atoms with Crippen molar-refractivity contribution in [3.05, 3.63) is 204 Å². The van der Waals surface area contributed by atoms with Crippen molar-refractivity contribution < 1.29 is 98.6 Å². The molecular formula is C85H116Br6F12N6O10S5. The van der Waals surface area contributed by atoms with E-state index in [1.807, 2.05) is 83.1 Å². The molecule has 6 aromatic rings. The quantitative estimate of drug-likeness (QED) is 0.00947. The summed E-state index contributed by atoms with van der Waals surface area (Å²) in [7, 11) is -7.36. The summed E-state index contributed by atoms with van der Waals surface area (Å²) >= 11 is 19.5. The van der Waals surface area contributed by atoms with Gasteiger partial charge in [-0.3, -0.25) is 4.79 Å². The lowest BCUT2D eigenvalue weighted by Gasteiger charge is -2.36. The van der Waals surface area contributed by atoms with Gasteiger partial charge in [0.15, 0.2) is 12.2 Å². The predicted molar refractivity (Wildman–Crippen MR) is 499 cm³/mol. The molecule has 0 heterocycles. The van der Waals surface area contributed by atoms with Crippen LogP contribution in [0.25, 0.3) is 0 Å². The maximum atomic E-state index is 14.5. The third-order valence-electron chi connectivity index (χ3n) is 17.9. The predicted octanol–water partition coefficient (Wildman–Crippen LogP) is 23.2. The molecular weight excluding hydrogens is 2130 g/mol. The van der Waals surface area contributed by atoms with Crippen LogP contribution in [0, 0.1) is 34.9 Å². The van der Waals surface area contributed by atoms with E-state index in [1.54, 1.807) is 97.0 Å². The molecule has 0 saturated heterocycles. The fourth-order valence-corrected chi connectivity index (χ4v) is 17.0. The van der Waals surface area contributed by atoms with E-state index >= 15 is 0 Å². The molecule has 0 aliphatic rings. The van der Waals surface area contributed by atoms with Crippen LogP contribution in [0.3, 0.4) is 0 Å². The summed E-state index contributed by atoms with van der Waals surface area (Å²) in [6.45, 7) is 38.2. The van der Waals surface area contributed by atoms with Crippen molar-refractivity contribution in [2.24, 2.45) is 10.1 Å². The smallest absolute Gasteiger partial charge is 0.396 e. The molecule has 9 N–H and O–H groups in total. The van der Waals surface area contributed by atoms with Gasteiger partial charge in [0.1, 0.15) is 58.0 Å². The molecule has 6 rings (SSSR count). The molecule has 0 aliphatic carbocycles. The largest absolute Gasteiger partial charge is 0.414 e. The molecule has 0 unspecified atom stereocenters. The molecule has 39 heteroatoms. The summed E-state index contributed by atoms with van der Waals surface area (Å²) in [6.07, 6.45) is -12.2. The molecule has 0 aromatic heterocycles. The van der Waals surface area contributed by atoms with Crippen LogP contribution in [0.1, 0.15) is 243 Å². The SMILES string of the molecule is CC(=N[S@](=O)C(C)(C)C)c1cc(Br)ccc1F.CC(C)(C)[S@@](=O)N[C@@](C)(CC=O)c1cc(Br)ccc1F.CC(C)(C)[S@@](=O)N[C@@](C)(CCO)c1cc(Br)ccc1F.CC(C)(C)[S@@](=O)N[C@@](C)(C[C@H](O)C(F)(F)F)c1cc(Br)ccc1F.CCCCCC(=O)C[C@](C)(N[S@](=O)C(C)(C)C)c1cc(Br)ccc1F.C[C@](N)(C[C@H](O)C(F)(F)F)c1cc(Br)ccc1F. The minimum absolute atomic E-state index is 0.0300. The first kappa shape index (κ1) is 119. The van der Waals surface area contributed by atoms with Gasteiger partial charge >= 0.3 is 12.4 Å². The third-order valence-corrected chi connectivity index (χ3v) is 29.3. The molecule has 0 fully saturated rings. The maximum absolute atomic E-state index is 14.5. The highest BCUT2D eigenvalue weighted by atomic mass is 79.9. The Kier molecular flexibility index (Phi) is 48.0. The molecule has 0 aliphatic heterocycles. The highest BCUT2D eigenvalue weighted by Crippen LogP contribution is 2.40. The van der Waals surface area contributed by atoms with Crippen molar-refractivity contribution in [1.82, 2.24) is 18.9 Å². The molecule has 0 radical (unpaired) electrons. The number of hydrogen-bond donors (Lipinski definition) is 8.